The summed E-state index contributed by atoms with van der Waals surface area (Å²) in [7, 11) is 0. The standard InChI is InChI=1S/C11H13N3OS/c1-7-8(2)16-11(13-7)6-14-4-3-10(15)9(12)5-14/h3-5H,6,12H2,1-2H3. The molecule has 2 aromatic heterocycles. The summed E-state index contributed by atoms with van der Waals surface area (Å²) in [5.74, 6) is 0. The number of rotatable bonds is 2. The summed E-state index contributed by atoms with van der Waals surface area (Å²) in [6.07, 6.45) is 3.37. The highest BCUT2D eigenvalue weighted by molar-refractivity contribution is 7.11. The Kier molecular flexibility index (Phi) is 2.78. The fourth-order valence-electron chi connectivity index (χ4n) is 1.41. The van der Waals surface area contributed by atoms with E-state index in [4.69, 9.17) is 5.73 Å². The minimum absolute atomic E-state index is 0.136. The highest BCUT2D eigenvalue weighted by Crippen LogP contribution is 2.17. The molecular formula is C11H13N3OS. The third-order valence-corrected chi connectivity index (χ3v) is 3.46. The topological polar surface area (TPSA) is 60.9 Å². The zero-order valence-corrected chi connectivity index (χ0v) is 10.0. The summed E-state index contributed by atoms with van der Waals surface area (Å²) in [4.78, 5) is 16.8. The summed E-state index contributed by atoms with van der Waals surface area (Å²) in [6, 6.07) is 1.47. The van der Waals surface area contributed by atoms with E-state index in [9.17, 15) is 4.79 Å². The van der Waals surface area contributed by atoms with Crippen LogP contribution in [0.25, 0.3) is 0 Å². The number of nitrogens with zero attached hydrogens (tertiary/aromatic N) is 2. The normalized spacial score (nSPS) is 10.6. The summed E-state index contributed by atoms with van der Waals surface area (Å²) < 4.78 is 1.87. The Bertz CT molecular complexity index is 551. The van der Waals surface area contributed by atoms with Gasteiger partial charge in [-0.05, 0) is 13.8 Å². The molecule has 0 bridgehead atoms. The third-order valence-electron chi connectivity index (χ3n) is 2.40. The van der Waals surface area contributed by atoms with E-state index in [-0.39, 0.29) is 11.1 Å². The minimum atomic E-state index is -0.136. The number of aryl methyl sites for hydroxylation is 2. The van der Waals surface area contributed by atoms with Crippen LogP contribution < -0.4 is 11.2 Å². The monoisotopic (exact) mass is 235 g/mol. The number of nitrogens with two attached hydrogens (primary N) is 1. The van der Waals surface area contributed by atoms with Crippen molar-refractivity contribution in [3.05, 3.63) is 44.3 Å². The maximum Gasteiger partial charge on any atom is 0.204 e. The lowest BCUT2D eigenvalue weighted by Gasteiger charge is -2.03. The number of hydrogen-bond acceptors (Lipinski definition) is 4. The first-order valence-corrected chi connectivity index (χ1v) is 5.76. The first kappa shape index (κ1) is 10.9. The van der Waals surface area contributed by atoms with Crippen molar-refractivity contribution in [3.63, 3.8) is 0 Å². The van der Waals surface area contributed by atoms with Crippen molar-refractivity contribution >= 4 is 17.0 Å². The van der Waals surface area contributed by atoms with Gasteiger partial charge in [0.25, 0.3) is 0 Å². The Balaban J connectivity index is 2.27. The molecule has 0 amide bonds. The maximum atomic E-state index is 11.1. The van der Waals surface area contributed by atoms with Crippen molar-refractivity contribution in [1.82, 2.24) is 9.55 Å². The average Bonchev–Trinajstić information content (AvgIpc) is 2.52. The number of hydrogen-bond donors (Lipinski definition) is 1. The van der Waals surface area contributed by atoms with Gasteiger partial charge in [0.2, 0.25) is 5.43 Å². The molecule has 0 aliphatic rings. The number of anilines is 1. The molecule has 4 nitrogen and oxygen atoms in total. The predicted octanol–water partition coefficient (Wildman–Crippen LogP) is 1.55. The largest absolute Gasteiger partial charge is 0.394 e. The fourth-order valence-corrected chi connectivity index (χ4v) is 2.35. The predicted molar refractivity (Wildman–Crippen MR) is 65.8 cm³/mol. The van der Waals surface area contributed by atoms with E-state index in [0.717, 1.165) is 10.7 Å². The molecule has 0 aliphatic heterocycles. The van der Waals surface area contributed by atoms with Gasteiger partial charge in [-0.25, -0.2) is 4.98 Å². The lowest BCUT2D eigenvalue weighted by atomic mass is 10.4. The Morgan fingerprint density at radius 1 is 1.50 bits per heavy atom. The molecule has 84 valence electrons. The van der Waals surface area contributed by atoms with Gasteiger partial charge in [0.15, 0.2) is 0 Å². The van der Waals surface area contributed by atoms with E-state index >= 15 is 0 Å². The lowest BCUT2D eigenvalue weighted by Crippen LogP contribution is -2.11. The Hall–Kier alpha value is -1.62. The summed E-state index contributed by atoms with van der Waals surface area (Å²) in [5.41, 5.74) is 6.76. The molecule has 0 saturated carbocycles. The van der Waals surface area contributed by atoms with E-state index in [1.165, 1.54) is 10.9 Å². The van der Waals surface area contributed by atoms with Crippen LogP contribution in [0.1, 0.15) is 15.6 Å². The SMILES string of the molecule is Cc1nc(Cn2ccc(=O)c(N)c2)sc1C. The molecule has 0 unspecified atom stereocenters. The molecule has 0 atom stereocenters. The quantitative estimate of drug-likeness (QED) is 0.859. The minimum Gasteiger partial charge on any atom is -0.394 e. The van der Waals surface area contributed by atoms with Crippen molar-refractivity contribution in [2.45, 2.75) is 20.4 Å². The number of nitrogen functional groups attached to an aromatic ring is 1. The van der Waals surface area contributed by atoms with Gasteiger partial charge in [-0.1, -0.05) is 0 Å². The first-order valence-electron chi connectivity index (χ1n) is 4.95. The van der Waals surface area contributed by atoms with Crippen LogP contribution in [-0.4, -0.2) is 9.55 Å². The van der Waals surface area contributed by atoms with E-state index in [1.807, 2.05) is 11.5 Å². The molecule has 0 spiro atoms. The fraction of sp³-hybridized carbons (Fsp3) is 0.273. The van der Waals surface area contributed by atoms with Crippen molar-refractivity contribution in [2.24, 2.45) is 0 Å². The summed E-state index contributed by atoms with van der Waals surface area (Å²) >= 11 is 1.67. The average molecular weight is 235 g/mol. The van der Waals surface area contributed by atoms with Crippen LogP contribution >= 0.6 is 11.3 Å². The summed E-state index contributed by atoms with van der Waals surface area (Å²) in [6.45, 7) is 4.70. The van der Waals surface area contributed by atoms with E-state index in [1.54, 1.807) is 23.7 Å². The molecule has 2 aromatic rings. The van der Waals surface area contributed by atoms with Crippen LogP contribution in [0, 0.1) is 13.8 Å². The third kappa shape index (κ3) is 2.14. The van der Waals surface area contributed by atoms with E-state index in [0.29, 0.717) is 6.54 Å². The van der Waals surface area contributed by atoms with E-state index in [2.05, 4.69) is 11.9 Å². The Labute approximate surface area is 97.4 Å². The zero-order chi connectivity index (χ0) is 11.7. The van der Waals surface area contributed by atoms with Crippen LogP contribution in [0.2, 0.25) is 0 Å². The van der Waals surface area contributed by atoms with E-state index < -0.39 is 0 Å². The van der Waals surface area contributed by atoms with Crippen molar-refractivity contribution in [1.29, 1.82) is 0 Å². The van der Waals surface area contributed by atoms with Gasteiger partial charge < -0.3 is 10.3 Å². The molecule has 2 N–H and O–H groups in total. The van der Waals surface area contributed by atoms with Gasteiger partial charge in [0.05, 0.1) is 17.9 Å². The van der Waals surface area contributed by atoms with Crippen LogP contribution in [0.15, 0.2) is 23.3 Å². The van der Waals surface area contributed by atoms with Gasteiger partial charge in [0, 0.05) is 23.3 Å². The number of aromatic nitrogens is 2. The van der Waals surface area contributed by atoms with Gasteiger partial charge in [-0.2, -0.15) is 0 Å². The Morgan fingerprint density at radius 2 is 2.25 bits per heavy atom. The molecule has 0 radical (unpaired) electrons. The van der Waals surface area contributed by atoms with Gasteiger partial charge in [-0.3, -0.25) is 4.79 Å². The number of thiazole rings is 1. The first-order chi connectivity index (χ1) is 7.56. The van der Waals surface area contributed by atoms with Crippen LogP contribution in [0.5, 0.6) is 0 Å². The van der Waals surface area contributed by atoms with Gasteiger partial charge in [0.1, 0.15) is 5.01 Å². The van der Waals surface area contributed by atoms with Gasteiger partial charge >= 0.3 is 0 Å². The van der Waals surface area contributed by atoms with Gasteiger partial charge in [-0.15, -0.1) is 11.3 Å². The molecule has 5 heteroatoms. The zero-order valence-electron chi connectivity index (χ0n) is 9.23. The molecule has 0 fully saturated rings. The second-order valence-corrected chi connectivity index (χ2v) is 4.97. The van der Waals surface area contributed by atoms with Crippen LogP contribution in [0.4, 0.5) is 5.69 Å². The van der Waals surface area contributed by atoms with Crippen molar-refractivity contribution in [3.8, 4) is 0 Å². The highest BCUT2D eigenvalue weighted by atomic mass is 32.1. The van der Waals surface area contributed by atoms with Crippen LogP contribution in [0.3, 0.4) is 0 Å². The summed E-state index contributed by atoms with van der Waals surface area (Å²) in [5, 5.41) is 1.03. The second kappa shape index (κ2) is 4.09. The van der Waals surface area contributed by atoms with Crippen molar-refractivity contribution < 1.29 is 0 Å². The van der Waals surface area contributed by atoms with Crippen LogP contribution in [-0.2, 0) is 6.54 Å². The maximum absolute atomic E-state index is 11.1. The lowest BCUT2D eigenvalue weighted by molar-refractivity contribution is 0.782. The van der Waals surface area contributed by atoms with Crippen molar-refractivity contribution in [2.75, 3.05) is 5.73 Å². The molecule has 2 rings (SSSR count). The number of pyridine rings is 1. The molecule has 0 saturated heterocycles. The molecule has 0 aromatic carbocycles. The Morgan fingerprint density at radius 3 is 2.81 bits per heavy atom. The second-order valence-electron chi connectivity index (χ2n) is 3.69. The smallest absolute Gasteiger partial charge is 0.204 e. The molecule has 16 heavy (non-hydrogen) atoms. The highest BCUT2D eigenvalue weighted by Gasteiger charge is 2.04. The molecule has 0 aliphatic carbocycles. The molecule has 2 heterocycles. The molecular weight excluding hydrogens is 222 g/mol.